The van der Waals surface area contributed by atoms with Crippen LogP contribution in [-0.2, 0) is 0 Å². The zero-order valence-corrected chi connectivity index (χ0v) is 8.08. The average molecular weight is 172 g/mol. The van der Waals surface area contributed by atoms with E-state index in [2.05, 4.69) is 24.2 Å². The van der Waals surface area contributed by atoms with Gasteiger partial charge in [-0.25, -0.2) is 0 Å². The van der Waals surface area contributed by atoms with Gasteiger partial charge in [0.1, 0.15) is 0 Å². The summed E-state index contributed by atoms with van der Waals surface area (Å²) in [5.41, 5.74) is 0. The van der Waals surface area contributed by atoms with Gasteiger partial charge >= 0.3 is 0 Å². The first kappa shape index (κ1) is 9.96. The highest BCUT2D eigenvalue weighted by atomic mass is 16.3. The lowest BCUT2D eigenvalue weighted by atomic mass is 10.0. The number of aliphatic hydroxyl groups excluding tert-OH is 1. The second kappa shape index (κ2) is 4.80. The molecule has 1 saturated heterocycles. The largest absolute Gasteiger partial charge is 0.395 e. The Hall–Kier alpha value is -0.120. The molecule has 0 amide bonds. The number of nitrogens with zero attached hydrogens (tertiary/aromatic N) is 1. The summed E-state index contributed by atoms with van der Waals surface area (Å²) < 4.78 is 0. The predicted molar refractivity (Wildman–Crippen MR) is 50.2 cm³/mol. The number of hydrogen-bond donors (Lipinski definition) is 2. The minimum atomic E-state index is 0.263. The van der Waals surface area contributed by atoms with Gasteiger partial charge in [-0.3, -0.25) is 0 Å². The fourth-order valence-corrected chi connectivity index (χ4v) is 1.63. The van der Waals surface area contributed by atoms with Crippen molar-refractivity contribution in [1.29, 1.82) is 0 Å². The van der Waals surface area contributed by atoms with Crippen LogP contribution in [0.2, 0.25) is 0 Å². The molecule has 0 saturated carbocycles. The van der Waals surface area contributed by atoms with Crippen LogP contribution in [0.1, 0.15) is 13.3 Å². The number of aliphatic hydroxyl groups is 1. The maximum Gasteiger partial charge on any atom is 0.0584 e. The lowest BCUT2D eigenvalue weighted by molar-refractivity contribution is 0.124. The van der Waals surface area contributed by atoms with Crippen molar-refractivity contribution in [2.24, 2.45) is 5.92 Å². The molecule has 0 aromatic heterocycles. The van der Waals surface area contributed by atoms with Gasteiger partial charge in [-0.05, 0) is 19.4 Å². The third kappa shape index (κ3) is 2.73. The molecular formula is C9H20N2O. The standard InChI is InChI=1S/C9H20N2O/c1-3-9(7-12)10-4-8-5-11(2)6-8/h8-10,12H,3-7H2,1-2H3. The summed E-state index contributed by atoms with van der Waals surface area (Å²) in [5.74, 6) is 0.801. The molecule has 72 valence electrons. The van der Waals surface area contributed by atoms with Gasteiger partial charge in [-0.15, -0.1) is 0 Å². The van der Waals surface area contributed by atoms with Crippen molar-refractivity contribution in [3.63, 3.8) is 0 Å². The molecule has 0 bridgehead atoms. The third-order valence-electron chi connectivity index (χ3n) is 2.55. The third-order valence-corrected chi connectivity index (χ3v) is 2.55. The van der Waals surface area contributed by atoms with Gasteiger partial charge in [0.15, 0.2) is 0 Å². The molecule has 1 aliphatic rings. The minimum absolute atomic E-state index is 0.263. The first-order valence-corrected chi connectivity index (χ1v) is 4.79. The van der Waals surface area contributed by atoms with Gasteiger partial charge in [-0.1, -0.05) is 6.92 Å². The molecule has 0 radical (unpaired) electrons. The Morgan fingerprint density at radius 3 is 2.67 bits per heavy atom. The van der Waals surface area contributed by atoms with E-state index in [0.717, 1.165) is 18.9 Å². The van der Waals surface area contributed by atoms with Crippen LogP contribution in [0.15, 0.2) is 0 Å². The number of hydrogen-bond acceptors (Lipinski definition) is 3. The topological polar surface area (TPSA) is 35.5 Å². The second-order valence-corrected chi connectivity index (χ2v) is 3.78. The summed E-state index contributed by atoms with van der Waals surface area (Å²) in [6.45, 7) is 5.83. The minimum Gasteiger partial charge on any atom is -0.395 e. The molecule has 0 spiro atoms. The van der Waals surface area contributed by atoms with Crippen LogP contribution in [0.5, 0.6) is 0 Å². The molecular weight excluding hydrogens is 152 g/mol. The van der Waals surface area contributed by atoms with E-state index < -0.39 is 0 Å². The van der Waals surface area contributed by atoms with Crippen LogP contribution in [0, 0.1) is 5.92 Å². The fourth-order valence-electron chi connectivity index (χ4n) is 1.63. The Morgan fingerprint density at radius 1 is 1.58 bits per heavy atom. The smallest absolute Gasteiger partial charge is 0.0584 e. The molecule has 1 aliphatic heterocycles. The molecule has 1 atom stereocenters. The Kier molecular flexibility index (Phi) is 3.98. The summed E-state index contributed by atoms with van der Waals surface area (Å²) in [4.78, 5) is 2.31. The first-order chi connectivity index (χ1) is 5.76. The normalized spacial score (nSPS) is 22.2. The van der Waals surface area contributed by atoms with Crippen LogP contribution in [-0.4, -0.2) is 49.3 Å². The zero-order valence-electron chi connectivity index (χ0n) is 8.08. The second-order valence-electron chi connectivity index (χ2n) is 3.78. The lowest BCUT2D eigenvalue weighted by Gasteiger charge is -2.37. The van der Waals surface area contributed by atoms with E-state index in [0.29, 0.717) is 6.04 Å². The SMILES string of the molecule is CCC(CO)NCC1CN(C)C1. The van der Waals surface area contributed by atoms with E-state index in [9.17, 15) is 0 Å². The molecule has 1 heterocycles. The van der Waals surface area contributed by atoms with Gasteiger partial charge in [0.05, 0.1) is 6.61 Å². The van der Waals surface area contributed by atoms with Crippen molar-refractivity contribution in [1.82, 2.24) is 10.2 Å². The Morgan fingerprint density at radius 2 is 2.25 bits per heavy atom. The molecule has 0 aromatic rings. The highest BCUT2D eigenvalue weighted by Gasteiger charge is 2.22. The Balaban J connectivity index is 2.01. The predicted octanol–water partition coefficient (Wildman–Crippen LogP) is -0.0915. The van der Waals surface area contributed by atoms with Gasteiger partial charge in [0.2, 0.25) is 0 Å². The summed E-state index contributed by atoms with van der Waals surface area (Å²) in [5, 5.41) is 12.3. The average Bonchev–Trinajstić information content (AvgIpc) is 2.03. The monoisotopic (exact) mass is 172 g/mol. The maximum absolute atomic E-state index is 8.91. The van der Waals surface area contributed by atoms with Crippen LogP contribution >= 0.6 is 0 Å². The zero-order chi connectivity index (χ0) is 8.97. The molecule has 1 fully saturated rings. The summed E-state index contributed by atoms with van der Waals surface area (Å²) >= 11 is 0. The number of likely N-dealkylation sites (tertiary alicyclic amines) is 1. The molecule has 1 unspecified atom stereocenters. The summed E-state index contributed by atoms with van der Waals surface area (Å²) in [6, 6.07) is 0.302. The molecule has 0 aliphatic carbocycles. The maximum atomic E-state index is 8.91. The molecule has 3 heteroatoms. The molecule has 2 N–H and O–H groups in total. The van der Waals surface area contributed by atoms with Crippen molar-refractivity contribution < 1.29 is 5.11 Å². The van der Waals surface area contributed by atoms with Crippen LogP contribution in [0.4, 0.5) is 0 Å². The highest BCUT2D eigenvalue weighted by molar-refractivity contribution is 4.79. The molecule has 3 nitrogen and oxygen atoms in total. The van der Waals surface area contributed by atoms with Crippen molar-refractivity contribution in [3.8, 4) is 0 Å². The first-order valence-electron chi connectivity index (χ1n) is 4.79. The molecule has 0 aromatic carbocycles. The van der Waals surface area contributed by atoms with Crippen molar-refractivity contribution in [3.05, 3.63) is 0 Å². The van der Waals surface area contributed by atoms with E-state index in [-0.39, 0.29) is 6.61 Å². The Labute approximate surface area is 74.8 Å². The van der Waals surface area contributed by atoms with Gasteiger partial charge in [0.25, 0.3) is 0 Å². The number of rotatable bonds is 5. The van der Waals surface area contributed by atoms with Gasteiger partial charge in [-0.2, -0.15) is 0 Å². The number of nitrogens with one attached hydrogen (secondary N) is 1. The molecule has 12 heavy (non-hydrogen) atoms. The van der Waals surface area contributed by atoms with Gasteiger partial charge in [0, 0.05) is 25.7 Å². The van der Waals surface area contributed by atoms with Crippen LogP contribution in [0.25, 0.3) is 0 Å². The Bertz CT molecular complexity index is 120. The lowest BCUT2D eigenvalue weighted by Crippen LogP contribution is -2.50. The quantitative estimate of drug-likeness (QED) is 0.608. The van der Waals surface area contributed by atoms with Crippen molar-refractivity contribution in [2.75, 3.05) is 33.3 Å². The van der Waals surface area contributed by atoms with Crippen molar-refractivity contribution in [2.45, 2.75) is 19.4 Å². The van der Waals surface area contributed by atoms with Crippen molar-refractivity contribution >= 4 is 0 Å². The van der Waals surface area contributed by atoms with E-state index in [4.69, 9.17) is 5.11 Å². The fraction of sp³-hybridized carbons (Fsp3) is 1.00. The highest BCUT2D eigenvalue weighted by Crippen LogP contribution is 2.11. The van der Waals surface area contributed by atoms with Crippen LogP contribution in [0.3, 0.4) is 0 Å². The van der Waals surface area contributed by atoms with E-state index >= 15 is 0 Å². The summed E-state index contributed by atoms with van der Waals surface area (Å²) in [6.07, 6.45) is 1.01. The van der Waals surface area contributed by atoms with E-state index in [1.807, 2.05) is 0 Å². The van der Waals surface area contributed by atoms with Crippen LogP contribution < -0.4 is 5.32 Å². The summed E-state index contributed by atoms with van der Waals surface area (Å²) in [7, 11) is 2.14. The van der Waals surface area contributed by atoms with Gasteiger partial charge < -0.3 is 15.3 Å². The van der Waals surface area contributed by atoms with E-state index in [1.165, 1.54) is 13.1 Å². The molecule has 1 rings (SSSR count). The van der Waals surface area contributed by atoms with E-state index in [1.54, 1.807) is 0 Å².